The number of nitrogens with one attached hydrogen (secondary N) is 1. The van der Waals surface area contributed by atoms with Crippen molar-refractivity contribution in [1.29, 1.82) is 0 Å². The second-order valence-corrected chi connectivity index (χ2v) is 8.59. The molecule has 0 fully saturated rings. The molecule has 0 radical (unpaired) electrons. The molecule has 0 aliphatic rings. The lowest BCUT2D eigenvalue weighted by Gasteiger charge is -2.19. The zero-order chi connectivity index (χ0) is 21.6. The van der Waals surface area contributed by atoms with Crippen LogP contribution in [0.5, 0.6) is 0 Å². The van der Waals surface area contributed by atoms with Crippen molar-refractivity contribution in [3.63, 3.8) is 0 Å². The van der Waals surface area contributed by atoms with Gasteiger partial charge in [-0.05, 0) is 42.0 Å². The molecule has 0 saturated carbocycles. The molecule has 0 saturated heterocycles. The minimum atomic E-state index is -0.506. The van der Waals surface area contributed by atoms with E-state index in [1.54, 1.807) is 28.8 Å². The highest BCUT2D eigenvalue weighted by atomic mass is 32.1. The summed E-state index contributed by atoms with van der Waals surface area (Å²) in [7, 11) is 0. The zero-order valence-corrected chi connectivity index (χ0v) is 18.2. The summed E-state index contributed by atoms with van der Waals surface area (Å²) >= 11 is 6.89. The number of benzene rings is 3. The van der Waals surface area contributed by atoms with Crippen molar-refractivity contribution in [2.45, 2.75) is 19.2 Å². The van der Waals surface area contributed by atoms with Gasteiger partial charge in [0, 0.05) is 5.56 Å². The Kier molecular flexibility index (Phi) is 6.54. The Labute approximate surface area is 188 Å². The van der Waals surface area contributed by atoms with Gasteiger partial charge in [-0.2, -0.15) is 0 Å². The van der Waals surface area contributed by atoms with E-state index in [4.69, 9.17) is 17.0 Å². The minimum Gasteiger partial charge on any atom is -0.444 e. The summed E-state index contributed by atoms with van der Waals surface area (Å²) in [6, 6.07) is 25.6. The van der Waals surface area contributed by atoms with E-state index in [1.807, 2.05) is 60.7 Å². The van der Waals surface area contributed by atoms with Crippen LogP contribution in [0.15, 0.2) is 84.9 Å². The van der Waals surface area contributed by atoms with Crippen molar-refractivity contribution >= 4 is 45.6 Å². The van der Waals surface area contributed by atoms with E-state index in [0.29, 0.717) is 9.52 Å². The highest BCUT2D eigenvalue weighted by molar-refractivity contribution is 7.73. The van der Waals surface area contributed by atoms with Crippen LogP contribution in [0, 0.1) is 3.95 Å². The van der Waals surface area contributed by atoms with Crippen LogP contribution in [0.1, 0.15) is 28.4 Å². The molecule has 1 heterocycles. The molecule has 1 unspecified atom stereocenters. The number of hydrogen-bond acceptors (Lipinski definition) is 5. The molecule has 0 bridgehead atoms. The fourth-order valence-electron chi connectivity index (χ4n) is 3.27. The van der Waals surface area contributed by atoms with E-state index in [2.05, 4.69) is 5.32 Å². The third kappa shape index (κ3) is 5.07. The van der Waals surface area contributed by atoms with Crippen molar-refractivity contribution in [3.8, 4) is 0 Å². The number of aromatic nitrogens is 1. The number of para-hydroxylation sites is 1. The van der Waals surface area contributed by atoms with E-state index in [9.17, 15) is 9.59 Å². The number of esters is 1. The maximum Gasteiger partial charge on any atom is 0.309 e. The highest BCUT2D eigenvalue weighted by Gasteiger charge is 2.20. The number of hydrogen-bond donors (Lipinski definition) is 1. The third-order valence-electron chi connectivity index (χ3n) is 4.84. The fraction of sp³-hybridized carbons (Fsp3) is 0.125. The van der Waals surface area contributed by atoms with E-state index in [-0.39, 0.29) is 19.1 Å². The largest absolute Gasteiger partial charge is 0.444 e. The lowest BCUT2D eigenvalue weighted by atomic mass is 10.0. The summed E-state index contributed by atoms with van der Waals surface area (Å²) in [5, 5.41) is 2.95. The van der Waals surface area contributed by atoms with Gasteiger partial charge in [-0.25, -0.2) is 0 Å². The lowest BCUT2D eigenvalue weighted by Crippen LogP contribution is -2.30. The molecular weight excluding hydrogens is 428 g/mol. The standard InChI is InChI=1S/C24H20N2O3S2/c27-22(29-16-26-20-13-7-8-14-21(20)31-24(26)30)15-19(17-9-3-1-4-10-17)25-23(28)18-11-5-2-6-12-18/h1-14,19H,15-16H2,(H,25,28). The molecule has 4 aromatic rings. The van der Waals surface area contributed by atoms with Gasteiger partial charge in [-0.15, -0.1) is 11.3 Å². The van der Waals surface area contributed by atoms with Crippen molar-refractivity contribution in [3.05, 3.63) is 100 Å². The molecule has 0 aliphatic heterocycles. The SMILES string of the molecule is O=C(CC(NC(=O)c1ccccc1)c1ccccc1)OCn1c(=S)sc2ccccc21. The Morgan fingerprint density at radius 3 is 2.32 bits per heavy atom. The number of fused-ring (bicyclic) bond motifs is 1. The van der Waals surface area contributed by atoms with Crippen LogP contribution in [0.2, 0.25) is 0 Å². The van der Waals surface area contributed by atoms with Gasteiger partial charge in [0.15, 0.2) is 10.7 Å². The van der Waals surface area contributed by atoms with E-state index >= 15 is 0 Å². The first-order chi connectivity index (χ1) is 15.1. The Balaban J connectivity index is 1.47. The molecule has 4 rings (SSSR count). The molecule has 1 N–H and O–H groups in total. The number of nitrogens with zero attached hydrogens (tertiary/aromatic N) is 1. The Bertz CT molecular complexity index is 1250. The monoisotopic (exact) mass is 448 g/mol. The van der Waals surface area contributed by atoms with Gasteiger partial charge in [-0.1, -0.05) is 60.7 Å². The van der Waals surface area contributed by atoms with Crippen LogP contribution in [0.3, 0.4) is 0 Å². The highest BCUT2D eigenvalue weighted by Crippen LogP contribution is 2.23. The first-order valence-corrected chi connectivity index (χ1v) is 11.0. The van der Waals surface area contributed by atoms with Crippen LogP contribution in [-0.4, -0.2) is 16.4 Å². The summed E-state index contributed by atoms with van der Waals surface area (Å²) in [5.74, 6) is -0.660. The maximum absolute atomic E-state index is 12.7. The number of rotatable bonds is 7. The maximum atomic E-state index is 12.7. The number of carbonyl (C=O) groups excluding carboxylic acids is 2. The first-order valence-electron chi connectivity index (χ1n) is 9.76. The van der Waals surface area contributed by atoms with Crippen molar-refractivity contribution in [2.24, 2.45) is 0 Å². The van der Waals surface area contributed by atoms with Gasteiger partial charge in [0.1, 0.15) is 0 Å². The molecule has 1 atom stereocenters. The van der Waals surface area contributed by atoms with Crippen LogP contribution in [0.4, 0.5) is 0 Å². The van der Waals surface area contributed by atoms with Crippen LogP contribution in [0.25, 0.3) is 10.2 Å². The van der Waals surface area contributed by atoms with E-state index < -0.39 is 12.0 Å². The Morgan fingerprint density at radius 2 is 1.58 bits per heavy atom. The molecule has 156 valence electrons. The van der Waals surface area contributed by atoms with Crippen molar-refractivity contribution in [2.75, 3.05) is 0 Å². The van der Waals surface area contributed by atoms with E-state index in [0.717, 1.165) is 15.8 Å². The summed E-state index contributed by atoms with van der Waals surface area (Å²) in [6.45, 7) is 0.0375. The zero-order valence-electron chi connectivity index (χ0n) is 16.6. The Morgan fingerprint density at radius 1 is 0.935 bits per heavy atom. The summed E-state index contributed by atoms with van der Waals surface area (Å²) in [6.07, 6.45) is 0.0119. The number of thiazole rings is 1. The van der Waals surface area contributed by atoms with Gasteiger partial charge in [-0.3, -0.25) is 14.2 Å². The Hall–Kier alpha value is -3.29. The molecule has 0 aliphatic carbocycles. The van der Waals surface area contributed by atoms with Crippen LogP contribution in [-0.2, 0) is 16.3 Å². The molecule has 1 amide bonds. The minimum absolute atomic E-state index is 0.0119. The number of carbonyl (C=O) groups is 2. The van der Waals surface area contributed by atoms with Gasteiger partial charge < -0.3 is 10.1 Å². The smallest absolute Gasteiger partial charge is 0.309 e. The topological polar surface area (TPSA) is 60.3 Å². The molecule has 1 aromatic heterocycles. The predicted octanol–water partition coefficient (Wildman–Crippen LogP) is 5.49. The number of ether oxygens (including phenoxy) is 1. The lowest BCUT2D eigenvalue weighted by molar-refractivity contribution is -0.147. The molecule has 31 heavy (non-hydrogen) atoms. The van der Waals surface area contributed by atoms with Crippen LogP contribution < -0.4 is 5.32 Å². The van der Waals surface area contributed by atoms with Gasteiger partial charge in [0.25, 0.3) is 5.91 Å². The third-order valence-corrected chi connectivity index (χ3v) is 6.27. The summed E-state index contributed by atoms with van der Waals surface area (Å²) in [4.78, 5) is 25.3. The first kappa shape index (κ1) is 21.0. The summed E-state index contributed by atoms with van der Waals surface area (Å²) in [5.41, 5.74) is 2.30. The van der Waals surface area contributed by atoms with Crippen molar-refractivity contribution in [1.82, 2.24) is 9.88 Å². The molecule has 5 nitrogen and oxygen atoms in total. The van der Waals surface area contributed by atoms with Gasteiger partial charge >= 0.3 is 5.97 Å². The normalized spacial score (nSPS) is 11.7. The second-order valence-electron chi connectivity index (χ2n) is 6.92. The fourth-order valence-corrected chi connectivity index (χ4v) is 4.57. The molecular formula is C24H20N2O3S2. The van der Waals surface area contributed by atoms with Crippen molar-refractivity contribution < 1.29 is 14.3 Å². The second kappa shape index (κ2) is 9.68. The molecule has 0 spiro atoms. The number of amides is 1. The summed E-state index contributed by atoms with van der Waals surface area (Å²) < 4.78 is 9.01. The quantitative estimate of drug-likeness (QED) is 0.300. The molecule has 7 heteroatoms. The van der Waals surface area contributed by atoms with Crippen LogP contribution >= 0.6 is 23.6 Å². The van der Waals surface area contributed by atoms with E-state index in [1.165, 1.54) is 11.3 Å². The van der Waals surface area contributed by atoms with Gasteiger partial charge in [0.2, 0.25) is 0 Å². The molecule has 3 aromatic carbocycles. The average molecular weight is 449 g/mol. The van der Waals surface area contributed by atoms with Gasteiger partial charge in [0.05, 0.1) is 22.7 Å². The average Bonchev–Trinajstić information content (AvgIpc) is 3.13. The predicted molar refractivity (Wildman–Crippen MR) is 124 cm³/mol.